The minimum atomic E-state index is -5.35. The quantitative estimate of drug-likeness (QED) is 0.0870. The first kappa shape index (κ1) is 34.8. The number of phosphoric ester groups is 1. The average Bonchev–Trinajstić information content (AvgIpc) is 3.55. The number of rotatable bonds is 13. The predicted octanol–water partition coefficient (Wildman–Crippen LogP) is 4.09. The summed E-state index contributed by atoms with van der Waals surface area (Å²) in [6, 6.07) is 16.2. The number of nitrogens with zero attached hydrogens (tertiary/aromatic N) is 4. The van der Waals surface area contributed by atoms with Crippen LogP contribution in [0.25, 0.3) is 11.2 Å². The summed E-state index contributed by atoms with van der Waals surface area (Å²) in [5.74, 6) is -1.01. The molecule has 5 N–H and O–H groups in total. The number of benzene rings is 2. The summed E-state index contributed by atoms with van der Waals surface area (Å²) in [6.07, 6.45) is -5.86. The number of nitrogens with two attached hydrogens (primary N) is 1. The molecular formula is C27H30ClFN6O10P2. The van der Waals surface area contributed by atoms with Crippen LogP contribution >= 0.6 is 27.2 Å². The number of alkyl halides is 1. The minimum absolute atomic E-state index is 0.00932. The lowest BCUT2D eigenvalue weighted by atomic mass is 10.1. The molecule has 2 aromatic heterocycles. The van der Waals surface area contributed by atoms with Crippen LogP contribution < -0.4 is 15.3 Å². The van der Waals surface area contributed by atoms with Gasteiger partial charge in [0.25, 0.3) is 0 Å². The van der Waals surface area contributed by atoms with Gasteiger partial charge in [-0.25, -0.2) is 18.5 Å². The fourth-order valence-electron chi connectivity index (χ4n) is 4.46. The number of para-hydroxylation sites is 1. The Balaban J connectivity index is 1.29. The largest absolute Gasteiger partial charge is 0.481 e. The molecular weight excluding hydrogens is 685 g/mol. The lowest BCUT2D eigenvalue weighted by Crippen LogP contribution is -2.46. The van der Waals surface area contributed by atoms with Crippen molar-refractivity contribution in [2.24, 2.45) is 0 Å². The fraction of sp³-hybridized carbons (Fsp3) is 0.333. The maximum atomic E-state index is 15.2. The van der Waals surface area contributed by atoms with Gasteiger partial charge in [0.05, 0.1) is 12.9 Å². The molecule has 5 rings (SSSR count). The summed E-state index contributed by atoms with van der Waals surface area (Å²) < 4.78 is 69.7. The molecule has 1 saturated heterocycles. The molecule has 2 aromatic carbocycles. The highest BCUT2D eigenvalue weighted by Gasteiger charge is 2.49. The summed E-state index contributed by atoms with van der Waals surface area (Å²) in [4.78, 5) is 35.3. The number of nitrogen functional groups attached to an aromatic ring is 1. The Bertz CT molecular complexity index is 1820. The molecule has 0 spiro atoms. The molecule has 1 aliphatic rings. The van der Waals surface area contributed by atoms with Crippen molar-refractivity contribution in [1.29, 1.82) is 0 Å². The van der Waals surface area contributed by atoms with Crippen molar-refractivity contribution < 1.29 is 51.1 Å². The number of hydrogen-bond acceptors (Lipinski definition) is 13. The summed E-state index contributed by atoms with van der Waals surface area (Å²) >= 11 is 5.87. The van der Waals surface area contributed by atoms with E-state index in [0.29, 0.717) is 5.56 Å². The van der Waals surface area contributed by atoms with Crippen molar-refractivity contribution in [3.8, 4) is 5.75 Å². The highest BCUT2D eigenvalue weighted by atomic mass is 35.5. The van der Waals surface area contributed by atoms with Gasteiger partial charge in [-0.1, -0.05) is 48.5 Å². The predicted molar refractivity (Wildman–Crippen MR) is 165 cm³/mol. The van der Waals surface area contributed by atoms with E-state index in [2.05, 4.69) is 20.0 Å². The molecule has 6 unspecified atom stereocenters. The van der Waals surface area contributed by atoms with Gasteiger partial charge in [0, 0.05) is 0 Å². The highest BCUT2D eigenvalue weighted by Crippen LogP contribution is 2.61. The Labute approximate surface area is 272 Å². The third kappa shape index (κ3) is 8.33. The van der Waals surface area contributed by atoms with Crippen molar-refractivity contribution >= 4 is 50.1 Å². The first-order valence-corrected chi connectivity index (χ1v) is 17.2. The second-order valence-corrected chi connectivity index (χ2v) is 14.3. The molecule has 0 saturated carbocycles. The molecule has 252 valence electrons. The normalized spacial score (nSPS) is 22.4. The monoisotopic (exact) mass is 714 g/mol. The van der Waals surface area contributed by atoms with Crippen LogP contribution in [0.1, 0.15) is 25.6 Å². The van der Waals surface area contributed by atoms with Crippen LogP contribution in [0.4, 0.5) is 10.2 Å². The SMILES string of the molecule is CC(C)(NP(=O)(Oc1ccccc1)OP(=O)(O)OCC1OC(n2cnc3c(N)nc(Cl)nc32)C(F)C1O)C(=O)OCc1ccccc1. The van der Waals surface area contributed by atoms with Crippen molar-refractivity contribution in [3.05, 3.63) is 77.8 Å². The van der Waals surface area contributed by atoms with E-state index in [-0.39, 0.29) is 34.6 Å². The fourth-order valence-corrected chi connectivity index (χ4v) is 7.76. The molecule has 0 amide bonds. The number of hydrogen-bond donors (Lipinski definition) is 4. The van der Waals surface area contributed by atoms with Crippen LogP contribution in [0.5, 0.6) is 5.75 Å². The number of ether oxygens (including phenoxy) is 2. The van der Waals surface area contributed by atoms with E-state index < -0.39 is 58.3 Å². The van der Waals surface area contributed by atoms with Crippen molar-refractivity contribution in [2.75, 3.05) is 12.3 Å². The number of aliphatic hydroxyl groups excluding tert-OH is 1. The zero-order valence-electron chi connectivity index (χ0n) is 24.8. The standard InChI is InChI=1S/C27H30ClFN6O10P2/c1-27(2,25(37)41-13-16-9-5-3-6-10-16)34-46(38,44-17-11-7-4-8-12-17)45-47(39,40)42-14-18-21(36)19(29)24(43-18)35-15-31-20-22(30)32-26(28)33-23(20)35/h3-12,15,18-19,21,24,36H,13-14H2,1-2H3,(H,34,38)(H,39,40)(H2,30,32,33). The Morgan fingerprint density at radius 3 is 2.49 bits per heavy atom. The van der Waals surface area contributed by atoms with Gasteiger partial charge in [-0.15, -0.1) is 0 Å². The first-order chi connectivity index (χ1) is 22.2. The van der Waals surface area contributed by atoms with E-state index in [1.807, 2.05) is 0 Å². The van der Waals surface area contributed by atoms with Crippen LogP contribution in [-0.4, -0.2) is 66.0 Å². The third-order valence-electron chi connectivity index (χ3n) is 6.71. The van der Waals surface area contributed by atoms with E-state index in [0.717, 1.165) is 10.9 Å². The Morgan fingerprint density at radius 1 is 1.15 bits per heavy atom. The van der Waals surface area contributed by atoms with Gasteiger partial charge >= 0.3 is 21.5 Å². The average molecular weight is 715 g/mol. The number of esters is 1. The maximum absolute atomic E-state index is 15.2. The zero-order valence-corrected chi connectivity index (χ0v) is 27.3. The number of nitrogens with one attached hydrogen (secondary N) is 1. The lowest BCUT2D eigenvalue weighted by molar-refractivity contribution is -0.151. The second-order valence-electron chi connectivity index (χ2n) is 10.7. The molecule has 1 aliphatic heterocycles. The Kier molecular flexibility index (Phi) is 10.3. The van der Waals surface area contributed by atoms with Gasteiger partial charge in [0.2, 0.25) is 5.28 Å². The molecule has 1 fully saturated rings. The van der Waals surface area contributed by atoms with Crippen molar-refractivity contribution in [3.63, 3.8) is 0 Å². The van der Waals surface area contributed by atoms with Crippen LogP contribution in [-0.2, 0) is 38.8 Å². The van der Waals surface area contributed by atoms with Gasteiger partial charge < -0.3 is 29.7 Å². The summed E-state index contributed by atoms with van der Waals surface area (Å²) in [5.41, 5.74) is 4.79. The Hall–Kier alpha value is -3.50. The number of carbonyl (C=O) groups excluding carboxylic acids is 1. The molecule has 4 aromatic rings. The van der Waals surface area contributed by atoms with Gasteiger partial charge in [0.15, 0.2) is 23.9 Å². The zero-order chi connectivity index (χ0) is 34.0. The molecule has 3 heterocycles. The van der Waals surface area contributed by atoms with Crippen LogP contribution in [0.2, 0.25) is 5.28 Å². The second kappa shape index (κ2) is 13.9. The number of halogens is 2. The van der Waals surface area contributed by atoms with E-state index in [1.54, 1.807) is 36.4 Å². The number of phosphoric acid groups is 1. The summed E-state index contributed by atoms with van der Waals surface area (Å²) in [7, 11) is -10.3. The first-order valence-electron chi connectivity index (χ1n) is 13.8. The number of aliphatic hydroxyl groups is 1. The van der Waals surface area contributed by atoms with E-state index in [9.17, 15) is 23.9 Å². The van der Waals surface area contributed by atoms with Gasteiger partial charge in [0.1, 0.15) is 35.6 Å². The van der Waals surface area contributed by atoms with Gasteiger partial charge in [-0.2, -0.15) is 19.4 Å². The Morgan fingerprint density at radius 2 is 1.81 bits per heavy atom. The van der Waals surface area contributed by atoms with E-state index in [4.69, 9.17) is 40.2 Å². The van der Waals surface area contributed by atoms with Crippen molar-refractivity contribution in [1.82, 2.24) is 24.6 Å². The minimum Gasteiger partial charge on any atom is -0.459 e. The van der Waals surface area contributed by atoms with Crippen LogP contribution in [0, 0.1) is 0 Å². The number of carbonyl (C=O) groups is 1. The lowest BCUT2D eigenvalue weighted by Gasteiger charge is -2.29. The van der Waals surface area contributed by atoms with E-state index in [1.165, 1.54) is 38.1 Å². The number of anilines is 1. The third-order valence-corrected chi connectivity index (χ3v) is 10.3. The summed E-state index contributed by atoms with van der Waals surface area (Å²) in [6.45, 7) is 1.57. The van der Waals surface area contributed by atoms with Gasteiger partial charge in [-0.05, 0) is 43.1 Å². The van der Waals surface area contributed by atoms with Crippen molar-refractivity contribution in [2.45, 2.75) is 50.6 Å². The topological polar surface area (TPSA) is 219 Å². The molecule has 6 atom stereocenters. The maximum Gasteiger partial charge on any atom is 0.481 e. The molecule has 47 heavy (non-hydrogen) atoms. The van der Waals surface area contributed by atoms with Crippen LogP contribution in [0.3, 0.4) is 0 Å². The number of imidazole rings is 1. The smallest absolute Gasteiger partial charge is 0.459 e. The molecule has 0 aliphatic carbocycles. The highest BCUT2D eigenvalue weighted by molar-refractivity contribution is 7.63. The summed E-state index contributed by atoms with van der Waals surface area (Å²) in [5, 5.41) is 12.6. The van der Waals surface area contributed by atoms with E-state index >= 15 is 4.39 Å². The number of fused-ring (bicyclic) bond motifs is 1. The molecule has 20 heteroatoms. The number of aromatic nitrogens is 4. The van der Waals surface area contributed by atoms with Gasteiger partial charge in [-0.3, -0.25) is 13.9 Å². The van der Waals surface area contributed by atoms with Crippen LogP contribution in [0.15, 0.2) is 67.0 Å². The molecule has 0 radical (unpaired) electrons. The molecule has 0 bridgehead atoms. The molecule has 16 nitrogen and oxygen atoms in total.